The maximum absolute atomic E-state index is 12.3. The van der Waals surface area contributed by atoms with Gasteiger partial charge >= 0.3 is 0 Å². The molecule has 0 saturated heterocycles. The molecule has 0 atom stereocenters. The highest BCUT2D eigenvalue weighted by Crippen LogP contribution is 2.24. The Kier molecular flexibility index (Phi) is 5.22. The molecule has 0 aliphatic rings. The minimum absolute atomic E-state index is 0.0566. The van der Waals surface area contributed by atoms with Crippen LogP contribution in [0.3, 0.4) is 0 Å². The number of aromatic amines is 1. The molecule has 3 N–H and O–H groups in total. The Morgan fingerprint density at radius 2 is 2.19 bits per heavy atom. The molecule has 1 heterocycles. The summed E-state index contributed by atoms with van der Waals surface area (Å²) >= 11 is 6.02. The van der Waals surface area contributed by atoms with E-state index >= 15 is 0 Å². The van der Waals surface area contributed by atoms with Gasteiger partial charge in [-0.3, -0.25) is 9.82 Å². The van der Waals surface area contributed by atoms with Gasteiger partial charge in [0.25, 0.3) is 10.0 Å². The number of nitrogens with zero attached hydrogens (tertiary/aromatic N) is 1. The fourth-order valence-electron chi connectivity index (χ4n) is 1.79. The van der Waals surface area contributed by atoms with E-state index in [2.05, 4.69) is 27.2 Å². The first kappa shape index (κ1) is 15.8. The molecule has 0 fully saturated rings. The van der Waals surface area contributed by atoms with Crippen molar-refractivity contribution in [3.8, 4) is 0 Å². The molecule has 1 aromatic heterocycles. The molecule has 1 aromatic carbocycles. The number of halogens is 1. The van der Waals surface area contributed by atoms with Crippen LogP contribution >= 0.6 is 11.6 Å². The first-order chi connectivity index (χ1) is 10.0. The zero-order valence-electron chi connectivity index (χ0n) is 11.6. The van der Waals surface area contributed by atoms with Gasteiger partial charge in [0.1, 0.15) is 4.90 Å². The van der Waals surface area contributed by atoms with Crippen molar-refractivity contribution in [2.24, 2.45) is 0 Å². The molecule has 0 aliphatic carbocycles. The van der Waals surface area contributed by atoms with Crippen molar-refractivity contribution < 1.29 is 8.42 Å². The van der Waals surface area contributed by atoms with Crippen molar-refractivity contribution in [1.82, 2.24) is 15.5 Å². The molecule has 0 radical (unpaired) electrons. The van der Waals surface area contributed by atoms with Gasteiger partial charge in [0.05, 0.1) is 16.9 Å². The normalized spacial score (nSPS) is 11.5. The lowest BCUT2D eigenvalue weighted by molar-refractivity contribution is 0.601. The van der Waals surface area contributed by atoms with Crippen LogP contribution in [0.1, 0.15) is 18.9 Å². The van der Waals surface area contributed by atoms with Crippen LogP contribution in [0.2, 0.25) is 5.02 Å². The summed E-state index contributed by atoms with van der Waals surface area (Å²) in [5.41, 5.74) is 1.22. The van der Waals surface area contributed by atoms with Crippen molar-refractivity contribution >= 4 is 27.3 Å². The van der Waals surface area contributed by atoms with Crippen molar-refractivity contribution in [2.75, 3.05) is 11.3 Å². The van der Waals surface area contributed by atoms with Crippen LogP contribution in [0.5, 0.6) is 0 Å². The van der Waals surface area contributed by atoms with E-state index in [4.69, 9.17) is 11.6 Å². The van der Waals surface area contributed by atoms with E-state index < -0.39 is 10.0 Å². The fourth-order valence-corrected chi connectivity index (χ4v) is 3.38. The van der Waals surface area contributed by atoms with Gasteiger partial charge in [-0.25, -0.2) is 8.42 Å². The van der Waals surface area contributed by atoms with E-state index in [-0.39, 0.29) is 9.92 Å². The van der Waals surface area contributed by atoms with Crippen LogP contribution in [-0.4, -0.2) is 25.2 Å². The van der Waals surface area contributed by atoms with Gasteiger partial charge in [0.2, 0.25) is 0 Å². The van der Waals surface area contributed by atoms with E-state index in [9.17, 15) is 8.42 Å². The molecule has 2 aromatic rings. The summed E-state index contributed by atoms with van der Waals surface area (Å²) in [7, 11) is -3.74. The fraction of sp³-hybridized carbons (Fsp3) is 0.308. The van der Waals surface area contributed by atoms with Gasteiger partial charge in [-0.1, -0.05) is 24.6 Å². The minimum Gasteiger partial charge on any atom is -0.313 e. The summed E-state index contributed by atoms with van der Waals surface area (Å²) in [6.45, 7) is 3.54. The topological polar surface area (TPSA) is 86.9 Å². The van der Waals surface area contributed by atoms with Crippen LogP contribution in [0.4, 0.5) is 5.69 Å². The van der Waals surface area contributed by atoms with E-state index in [0.717, 1.165) is 18.5 Å². The Labute approximate surface area is 129 Å². The maximum Gasteiger partial charge on any atom is 0.263 e. The average molecular weight is 329 g/mol. The molecule has 114 valence electrons. The molecule has 0 amide bonds. The van der Waals surface area contributed by atoms with Crippen LogP contribution in [0.15, 0.2) is 35.5 Å². The second-order valence-corrected chi connectivity index (χ2v) is 6.59. The molecular weight excluding hydrogens is 312 g/mol. The number of rotatable bonds is 7. The number of anilines is 1. The highest BCUT2D eigenvalue weighted by molar-refractivity contribution is 7.92. The zero-order valence-corrected chi connectivity index (χ0v) is 13.1. The summed E-state index contributed by atoms with van der Waals surface area (Å²) in [6, 6.07) is 4.98. The molecule has 21 heavy (non-hydrogen) atoms. The number of hydrogen-bond donors (Lipinski definition) is 3. The maximum atomic E-state index is 12.3. The van der Waals surface area contributed by atoms with Gasteiger partial charge in [0, 0.05) is 12.7 Å². The Balaban J connectivity index is 2.22. The van der Waals surface area contributed by atoms with Gasteiger partial charge in [0.15, 0.2) is 0 Å². The summed E-state index contributed by atoms with van der Waals surface area (Å²) in [4.78, 5) is 0.0566. The molecule has 6 nitrogen and oxygen atoms in total. The van der Waals surface area contributed by atoms with Crippen molar-refractivity contribution in [2.45, 2.75) is 24.8 Å². The number of sulfonamides is 1. The Morgan fingerprint density at radius 3 is 2.86 bits per heavy atom. The highest BCUT2D eigenvalue weighted by atomic mass is 35.5. The molecule has 2 rings (SSSR count). The first-order valence-electron chi connectivity index (χ1n) is 6.53. The molecule has 8 heteroatoms. The van der Waals surface area contributed by atoms with Crippen LogP contribution < -0.4 is 10.0 Å². The number of benzene rings is 1. The van der Waals surface area contributed by atoms with Crippen molar-refractivity contribution in [3.63, 3.8) is 0 Å². The van der Waals surface area contributed by atoms with Gasteiger partial charge in [-0.2, -0.15) is 5.10 Å². The van der Waals surface area contributed by atoms with Crippen LogP contribution in [0.25, 0.3) is 0 Å². The third-order valence-corrected chi connectivity index (χ3v) is 4.65. The molecule has 0 saturated carbocycles. The molecule has 0 spiro atoms. The minimum atomic E-state index is -3.74. The number of nitrogens with one attached hydrogen (secondary N) is 3. The third-order valence-electron chi connectivity index (χ3n) is 2.79. The van der Waals surface area contributed by atoms with E-state index in [1.807, 2.05) is 6.07 Å². The Bertz CT molecular complexity index is 686. The SMILES string of the molecule is CCCNCc1ccc(Cl)c(S(=O)(=O)Nc2cn[nH]c2)c1. The van der Waals surface area contributed by atoms with Crippen LogP contribution in [-0.2, 0) is 16.6 Å². The standard InChI is InChI=1S/C13H17ClN4O2S/c1-2-5-15-7-10-3-4-12(14)13(6-10)21(19,20)18-11-8-16-17-9-11/h3-4,6,8-9,15,18H,2,5,7H2,1H3,(H,16,17). The van der Waals surface area contributed by atoms with E-state index in [0.29, 0.717) is 12.2 Å². The second-order valence-electron chi connectivity index (χ2n) is 4.53. The lowest BCUT2D eigenvalue weighted by Crippen LogP contribution is -2.16. The largest absolute Gasteiger partial charge is 0.313 e. The smallest absolute Gasteiger partial charge is 0.263 e. The average Bonchev–Trinajstić information content (AvgIpc) is 2.93. The summed E-state index contributed by atoms with van der Waals surface area (Å²) in [5.74, 6) is 0. The predicted molar refractivity (Wildman–Crippen MR) is 82.8 cm³/mol. The third kappa shape index (κ3) is 4.20. The van der Waals surface area contributed by atoms with Gasteiger partial charge in [-0.15, -0.1) is 0 Å². The monoisotopic (exact) mass is 328 g/mol. The number of aromatic nitrogens is 2. The Morgan fingerprint density at radius 1 is 1.38 bits per heavy atom. The summed E-state index contributed by atoms with van der Waals surface area (Å²) < 4.78 is 27.1. The first-order valence-corrected chi connectivity index (χ1v) is 8.40. The van der Waals surface area contributed by atoms with Crippen molar-refractivity contribution in [3.05, 3.63) is 41.2 Å². The highest BCUT2D eigenvalue weighted by Gasteiger charge is 2.19. The quantitative estimate of drug-likeness (QED) is 0.681. The zero-order chi connectivity index (χ0) is 15.3. The predicted octanol–water partition coefficient (Wildman–Crippen LogP) is 2.36. The van der Waals surface area contributed by atoms with E-state index in [1.54, 1.807) is 12.1 Å². The van der Waals surface area contributed by atoms with Crippen LogP contribution in [0, 0.1) is 0 Å². The van der Waals surface area contributed by atoms with Crippen molar-refractivity contribution in [1.29, 1.82) is 0 Å². The molecule has 0 aliphatic heterocycles. The summed E-state index contributed by atoms with van der Waals surface area (Å²) in [6.07, 6.45) is 3.86. The summed E-state index contributed by atoms with van der Waals surface area (Å²) in [5, 5.41) is 9.65. The lowest BCUT2D eigenvalue weighted by atomic mass is 10.2. The Hall–Kier alpha value is -1.57. The van der Waals surface area contributed by atoms with Gasteiger partial charge in [-0.05, 0) is 30.7 Å². The van der Waals surface area contributed by atoms with E-state index in [1.165, 1.54) is 12.4 Å². The number of H-pyrrole nitrogens is 1. The number of hydrogen-bond acceptors (Lipinski definition) is 4. The molecule has 0 bridgehead atoms. The molecule has 0 unspecified atom stereocenters. The second kappa shape index (κ2) is 6.93. The molecular formula is C13H17ClN4O2S. The lowest BCUT2D eigenvalue weighted by Gasteiger charge is -2.10. The van der Waals surface area contributed by atoms with Gasteiger partial charge < -0.3 is 5.32 Å².